The molecular weight excluding hydrogens is 396 g/mol. The second kappa shape index (κ2) is 8.67. The zero-order valence-electron chi connectivity index (χ0n) is 17.1. The molecule has 0 amide bonds. The number of nitrogens with zero attached hydrogens (tertiary/aromatic N) is 3. The highest BCUT2D eigenvalue weighted by Crippen LogP contribution is 2.23. The highest BCUT2D eigenvalue weighted by molar-refractivity contribution is 7.98. The van der Waals surface area contributed by atoms with Gasteiger partial charge in [-0.1, -0.05) is 59.4 Å². The van der Waals surface area contributed by atoms with Gasteiger partial charge < -0.3 is 9.51 Å². The number of H-pyrrole nitrogens is 1. The van der Waals surface area contributed by atoms with Gasteiger partial charge in [-0.15, -0.1) is 0 Å². The highest BCUT2D eigenvalue weighted by Gasteiger charge is 2.13. The van der Waals surface area contributed by atoms with Crippen molar-refractivity contribution in [1.29, 1.82) is 0 Å². The number of hydrogen-bond acceptors (Lipinski definition) is 6. The number of hydrogen-bond donors (Lipinski definition) is 1. The van der Waals surface area contributed by atoms with Crippen LogP contribution in [0.15, 0.2) is 63.0 Å². The molecule has 0 aliphatic heterocycles. The zero-order chi connectivity index (χ0) is 21.1. The number of nitrogens with one attached hydrogen (secondary N) is 1. The average molecular weight is 419 g/mol. The number of aryl methyl sites for hydroxylation is 3. The fourth-order valence-corrected chi connectivity index (χ4v) is 3.85. The second-order valence-electron chi connectivity index (χ2n) is 7.20. The molecule has 0 radical (unpaired) electrons. The predicted molar refractivity (Wildman–Crippen MR) is 118 cm³/mol. The van der Waals surface area contributed by atoms with Crippen molar-refractivity contribution in [2.75, 3.05) is 0 Å². The first-order chi connectivity index (χ1) is 14.5. The lowest BCUT2D eigenvalue weighted by atomic mass is 10.1. The Morgan fingerprint density at radius 1 is 1.00 bits per heavy atom. The molecule has 4 aromatic rings. The molecule has 0 aliphatic carbocycles. The van der Waals surface area contributed by atoms with Crippen LogP contribution in [0.3, 0.4) is 0 Å². The van der Waals surface area contributed by atoms with Gasteiger partial charge in [0.25, 0.3) is 5.56 Å². The van der Waals surface area contributed by atoms with E-state index in [2.05, 4.69) is 34.0 Å². The van der Waals surface area contributed by atoms with Crippen LogP contribution in [0, 0.1) is 20.8 Å². The Kier molecular flexibility index (Phi) is 5.81. The van der Waals surface area contributed by atoms with E-state index in [9.17, 15) is 4.79 Å². The Hall–Kier alpha value is -3.19. The summed E-state index contributed by atoms with van der Waals surface area (Å²) < 4.78 is 5.37. The predicted octanol–water partition coefficient (Wildman–Crippen LogP) is 4.63. The van der Waals surface area contributed by atoms with E-state index in [4.69, 9.17) is 4.52 Å². The Morgan fingerprint density at radius 3 is 2.53 bits per heavy atom. The fraction of sp³-hybridized carbons (Fsp3) is 0.217. The lowest BCUT2D eigenvalue weighted by molar-refractivity contribution is 0.391. The quantitative estimate of drug-likeness (QED) is 0.363. The Balaban J connectivity index is 1.46. The van der Waals surface area contributed by atoms with Crippen molar-refractivity contribution >= 4 is 11.8 Å². The molecule has 152 valence electrons. The van der Waals surface area contributed by atoms with E-state index < -0.39 is 0 Å². The van der Waals surface area contributed by atoms with Crippen molar-refractivity contribution in [3.8, 4) is 11.4 Å². The largest absolute Gasteiger partial charge is 0.338 e. The molecule has 6 nitrogen and oxygen atoms in total. The molecular formula is C23H22N4O2S. The lowest BCUT2D eigenvalue weighted by Gasteiger charge is -2.06. The minimum atomic E-state index is -0.116. The number of aromatic amines is 1. The van der Waals surface area contributed by atoms with Gasteiger partial charge in [0.05, 0.1) is 5.75 Å². The van der Waals surface area contributed by atoms with Crippen molar-refractivity contribution in [3.63, 3.8) is 0 Å². The van der Waals surface area contributed by atoms with Crippen LogP contribution in [-0.2, 0) is 12.2 Å². The van der Waals surface area contributed by atoms with E-state index in [1.54, 1.807) is 0 Å². The smallest absolute Gasteiger partial charge is 0.255 e. The van der Waals surface area contributed by atoms with Crippen LogP contribution in [0.4, 0.5) is 0 Å². The average Bonchev–Trinajstić information content (AvgIpc) is 3.21. The van der Waals surface area contributed by atoms with Crippen molar-refractivity contribution in [2.24, 2.45) is 0 Å². The summed E-state index contributed by atoms with van der Waals surface area (Å²) in [7, 11) is 0. The standard InChI is InChI=1S/C23H22N4O2S/c1-14-9-10-18(11-15(14)2)21-25-20(29-27-21)13-30-23-24-16(3)19(22(28)26-23)12-17-7-5-4-6-8-17/h4-11H,12-13H2,1-3H3,(H,24,26,28). The molecule has 0 bridgehead atoms. The van der Waals surface area contributed by atoms with Gasteiger partial charge >= 0.3 is 0 Å². The number of rotatable bonds is 6. The molecule has 0 unspecified atom stereocenters. The summed E-state index contributed by atoms with van der Waals surface area (Å²) in [5.41, 5.74) is 5.70. The van der Waals surface area contributed by atoms with Crippen LogP contribution < -0.4 is 5.56 Å². The summed E-state index contributed by atoms with van der Waals surface area (Å²) in [5.74, 6) is 1.48. The molecule has 0 spiro atoms. The molecule has 4 rings (SSSR count). The van der Waals surface area contributed by atoms with E-state index in [0.29, 0.717) is 34.6 Å². The van der Waals surface area contributed by atoms with Gasteiger partial charge in [-0.25, -0.2) is 4.98 Å². The first-order valence-electron chi connectivity index (χ1n) is 9.66. The minimum Gasteiger partial charge on any atom is -0.338 e. The van der Waals surface area contributed by atoms with E-state index in [0.717, 1.165) is 16.8 Å². The molecule has 0 saturated carbocycles. The Morgan fingerprint density at radius 2 is 1.80 bits per heavy atom. The molecule has 2 aromatic heterocycles. The van der Waals surface area contributed by atoms with Crippen molar-refractivity contribution < 1.29 is 4.52 Å². The third kappa shape index (κ3) is 4.52. The summed E-state index contributed by atoms with van der Waals surface area (Å²) in [4.78, 5) is 24.4. The molecule has 2 heterocycles. The summed E-state index contributed by atoms with van der Waals surface area (Å²) in [6.45, 7) is 5.99. The summed E-state index contributed by atoms with van der Waals surface area (Å²) in [6, 6.07) is 16.0. The first-order valence-corrected chi connectivity index (χ1v) is 10.6. The third-order valence-electron chi connectivity index (χ3n) is 4.99. The maximum atomic E-state index is 12.6. The third-order valence-corrected chi connectivity index (χ3v) is 5.85. The van der Waals surface area contributed by atoms with Crippen molar-refractivity contribution in [3.05, 3.63) is 92.7 Å². The van der Waals surface area contributed by atoms with E-state index in [1.807, 2.05) is 55.5 Å². The second-order valence-corrected chi connectivity index (χ2v) is 8.16. The van der Waals surface area contributed by atoms with Gasteiger partial charge in [-0.3, -0.25) is 4.79 Å². The normalized spacial score (nSPS) is 11.0. The zero-order valence-corrected chi connectivity index (χ0v) is 17.9. The van der Waals surface area contributed by atoms with Crippen LogP contribution >= 0.6 is 11.8 Å². The van der Waals surface area contributed by atoms with Gasteiger partial charge in [0.2, 0.25) is 11.7 Å². The Bertz CT molecular complexity index is 1230. The molecule has 2 aromatic carbocycles. The summed E-state index contributed by atoms with van der Waals surface area (Å²) in [5, 5.41) is 4.62. The van der Waals surface area contributed by atoms with E-state index in [1.165, 1.54) is 22.9 Å². The molecule has 0 fully saturated rings. The van der Waals surface area contributed by atoms with Crippen LogP contribution in [0.2, 0.25) is 0 Å². The number of aromatic nitrogens is 4. The molecule has 7 heteroatoms. The fourth-order valence-electron chi connectivity index (χ4n) is 3.10. The van der Waals surface area contributed by atoms with Crippen LogP contribution in [0.25, 0.3) is 11.4 Å². The van der Waals surface area contributed by atoms with Crippen molar-refractivity contribution in [1.82, 2.24) is 20.1 Å². The van der Waals surface area contributed by atoms with E-state index >= 15 is 0 Å². The maximum absolute atomic E-state index is 12.6. The monoisotopic (exact) mass is 418 g/mol. The van der Waals surface area contributed by atoms with Gasteiger partial charge in [-0.2, -0.15) is 4.98 Å². The summed E-state index contributed by atoms with van der Waals surface area (Å²) in [6.07, 6.45) is 0.558. The topological polar surface area (TPSA) is 84.7 Å². The van der Waals surface area contributed by atoms with Gasteiger partial charge in [-0.05, 0) is 43.5 Å². The maximum Gasteiger partial charge on any atom is 0.255 e. The Labute approximate surface area is 178 Å². The van der Waals surface area contributed by atoms with Crippen LogP contribution in [0.1, 0.15) is 33.8 Å². The molecule has 0 atom stereocenters. The van der Waals surface area contributed by atoms with Gasteiger partial charge in [0.1, 0.15) is 0 Å². The number of thioether (sulfide) groups is 1. The lowest BCUT2D eigenvalue weighted by Crippen LogP contribution is -2.17. The van der Waals surface area contributed by atoms with Crippen molar-refractivity contribution in [2.45, 2.75) is 38.1 Å². The SMILES string of the molecule is Cc1ccc(-c2noc(CSc3nc(C)c(Cc4ccccc4)c(=O)[nH]3)n2)cc1C. The first kappa shape index (κ1) is 20.1. The molecule has 1 N–H and O–H groups in total. The molecule has 30 heavy (non-hydrogen) atoms. The minimum absolute atomic E-state index is 0.116. The highest BCUT2D eigenvalue weighted by atomic mass is 32.2. The van der Waals surface area contributed by atoms with Crippen LogP contribution in [0.5, 0.6) is 0 Å². The number of benzene rings is 2. The van der Waals surface area contributed by atoms with Gasteiger partial charge in [0.15, 0.2) is 5.16 Å². The van der Waals surface area contributed by atoms with Crippen LogP contribution in [-0.4, -0.2) is 20.1 Å². The molecule has 0 aliphatic rings. The van der Waals surface area contributed by atoms with Gasteiger partial charge in [0, 0.05) is 23.2 Å². The van der Waals surface area contributed by atoms with E-state index in [-0.39, 0.29) is 5.56 Å². The molecule has 0 saturated heterocycles. The summed E-state index contributed by atoms with van der Waals surface area (Å²) >= 11 is 1.37.